The topological polar surface area (TPSA) is 149 Å². The number of anilines is 1. The number of likely N-dealkylation sites (N-methyl/N-ethyl adjacent to an activating group) is 1. The van der Waals surface area contributed by atoms with Crippen molar-refractivity contribution in [2.45, 2.75) is 62.1 Å². The molecule has 53 heavy (non-hydrogen) atoms. The summed E-state index contributed by atoms with van der Waals surface area (Å²) in [6.45, 7) is 6.38. The second-order valence-electron chi connectivity index (χ2n) is 14.0. The molecule has 1 N–H and O–H groups in total. The molecular formula is C37H39FIN5O8S. The summed E-state index contributed by atoms with van der Waals surface area (Å²) >= 11 is 1.97. The Morgan fingerprint density at radius 3 is 2.32 bits per heavy atom. The molecule has 1 saturated heterocycles. The fourth-order valence-electron chi connectivity index (χ4n) is 6.44. The number of rotatable bonds is 8. The Hall–Kier alpha value is -4.71. The van der Waals surface area contributed by atoms with E-state index in [0.717, 1.165) is 4.57 Å². The van der Waals surface area contributed by atoms with Gasteiger partial charge in [0.15, 0.2) is 9.84 Å². The van der Waals surface area contributed by atoms with Gasteiger partial charge in [-0.2, -0.15) is 0 Å². The molecule has 6 rings (SSSR count). The molecule has 4 aromatic rings. The van der Waals surface area contributed by atoms with Crippen LogP contribution < -0.4 is 21.3 Å². The zero-order valence-corrected chi connectivity index (χ0v) is 32.9. The van der Waals surface area contributed by atoms with Gasteiger partial charge in [0.05, 0.1) is 47.1 Å². The number of halogens is 2. The van der Waals surface area contributed by atoms with Gasteiger partial charge in [0.25, 0.3) is 5.56 Å². The lowest BCUT2D eigenvalue weighted by Crippen LogP contribution is -2.57. The van der Waals surface area contributed by atoms with Crippen molar-refractivity contribution >= 4 is 50.1 Å². The summed E-state index contributed by atoms with van der Waals surface area (Å²) in [6, 6.07) is 17.0. The van der Waals surface area contributed by atoms with E-state index in [1.807, 2.05) is 22.6 Å². The number of methoxy groups -OCH3 is 1. The second-order valence-corrected chi connectivity index (χ2v) is 17.5. The third-order valence-electron chi connectivity index (χ3n) is 9.27. The van der Waals surface area contributed by atoms with Crippen molar-refractivity contribution in [1.82, 2.24) is 18.9 Å². The first-order valence-electron chi connectivity index (χ1n) is 16.7. The number of carbonyl (C=O) groups is 2. The number of aromatic nitrogens is 2. The molecule has 0 radical (unpaired) electrons. The minimum absolute atomic E-state index is 0.0194. The number of amides is 2. The number of benzene rings is 3. The van der Waals surface area contributed by atoms with Crippen LogP contribution in [0.25, 0.3) is 5.69 Å². The molecule has 16 heteroatoms. The Morgan fingerprint density at radius 2 is 1.70 bits per heavy atom. The SMILES string of the molecule is COc1ccc(Cn2c(=O)c3c(n(-c4cccc(S(=O)(=O)C5CN(C(=O)OC(C)(C)C)C5)c4)c2=O)C(C)C(=O)N(C)C3Nc2ccc(I)cc2F)cc1. The Kier molecular flexibility index (Phi) is 10.2. The molecule has 1 fully saturated rings. The molecule has 0 bridgehead atoms. The van der Waals surface area contributed by atoms with Crippen LogP contribution in [-0.4, -0.2) is 77.5 Å². The standard InChI is InChI=1S/C37H39FIN5O8S/c1-21-31-30(32(41(5)33(21)45)40-29-15-12-23(39)16-28(29)38)34(46)43(18-22-10-13-25(51-6)14-11-22)35(47)44(31)24-8-7-9-26(17-24)53(49,50)27-19-42(20-27)36(48)52-37(2,3)4/h7-17,21,27,32,40H,18-20H2,1-6H3. The van der Waals surface area contributed by atoms with Crippen molar-refractivity contribution in [3.63, 3.8) is 0 Å². The largest absolute Gasteiger partial charge is 0.497 e. The smallest absolute Gasteiger partial charge is 0.410 e. The summed E-state index contributed by atoms with van der Waals surface area (Å²) in [5.41, 5.74) is -1.46. The zero-order chi connectivity index (χ0) is 38.6. The van der Waals surface area contributed by atoms with Crippen molar-refractivity contribution < 1.29 is 31.9 Å². The van der Waals surface area contributed by atoms with Gasteiger partial charge in [-0.3, -0.25) is 18.7 Å². The van der Waals surface area contributed by atoms with E-state index in [1.54, 1.807) is 58.0 Å². The van der Waals surface area contributed by atoms with Crippen molar-refractivity contribution in [2.75, 3.05) is 32.6 Å². The summed E-state index contributed by atoms with van der Waals surface area (Å²) < 4.78 is 56.4. The molecule has 0 aliphatic carbocycles. The number of nitrogens with zero attached hydrogens (tertiary/aromatic N) is 4. The quantitative estimate of drug-likeness (QED) is 0.245. The van der Waals surface area contributed by atoms with Crippen LogP contribution in [-0.2, 0) is 25.9 Å². The van der Waals surface area contributed by atoms with Gasteiger partial charge < -0.3 is 24.6 Å². The first kappa shape index (κ1) is 38.0. The minimum Gasteiger partial charge on any atom is -0.497 e. The van der Waals surface area contributed by atoms with Crippen LogP contribution in [0, 0.1) is 9.39 Å². The van der Waals surface area contributed by atoms with E-state index in [9.17, 15) is 27.6 Å². The minimum atomic E-state index is -4.02. The van der Waals surface area contributed by atoms with Gasteiger partial charge in [-0.05, 0) is 104 Å². The molecule has 2 aliphatic heterocycles. The van der Waals surface area contributed by atoms with Gasteiger partial charge in [-0.25, -0.2) is 22.4 Å². The third kappa shape index (κ3) is 7.30. The van der Waals surface area contributed by atoms with Gasteiger partial charge in [0, 0.05) is 23.7 Å². The number of sulfone groups is 1. The Bertz CT molecular complexity index is 2330. The number of likely N-dealkylation sites (tertiary alicyclic amines) is 1. The molecule has 1 aromatic heterocycles. The number of hydrogen-bond acceptors (Lipinski definition) is 9. The third-order valence-corrected chi connectivity index (χ3v) is 12.0. The molecule has 3 aromatic carbocycles. The van der Waals surface area contributed by atoms with Gasteiger partial charge in [-0.1, -0.05) is 18.2 Å². The van der Waals surface area contributed by atoms with Crippen LogP contribution in [0.1, 0.15) is 56.6 Å². The number of hydrogen-bond donors (Lipinski definition) is 1. The van der Waals surface area contributed by atoms with Crippen LogP contribution in [0.4, 0.5) is 14.9 Å². The molecule has 2 atom stereocenters. The first-order valence-corrected chi connectivity index (χ1v) is 19.4. The van der Waals surface area contributed by atoms with E-state index in [0.29, 0.717) is 14.9 Å². The molecule has 13 nitrogen and oxygen atoms in total. The predicted molar refractivity (Wildman–Crippen MR) is 204 cm³/mol. The van der Waals surface area contributed by atoms with E-state index >= 15 is 4.39 Å². The summed E-state index contributed by atoms with van der Waals surface area (Å²) in [4.78, 5) is 57.9. The van der Waals surface area contributed by atoms with Crippen molar-refractivity contribution in [3.8, 4) is 11.4 Å². The fraction of sp³-hybridized carbons (Fsp3) is 0.351. The lowest BCUT2D eigenvalue weighted by molar-refractivity contribution is -0.134. The van der Waals surface area contributed by atoms with Crippen molar-refractivity contribution in [1.29, 1.82) is 0 Å². The first-order chi connectivity index (χ1) is 24.9. The van der Waals surface area contributed by atoms with E-state index in [4.69, 9.17) is 9.47 Å². The highest BCUT2D eigenvalue weighted by atomic mass is 127. The predicted octanol–water partition coefficient (Wildman–Crippen LogP) is 4.88. The Morgan fingerprint density at radius 1 is 1.02 bits per heavy atom. The lowest BCUT2D eigenvalue weighted by Gasteiger charge is -2.39. The lowest BCUT2D eigenvalue weighted by atomic mass is 9.93. The maximum atomic E-state index is 15.2. The van der Waals surface area contributed by atoms with Gasteiger partial charge >= 0.3 is 11.8 Å². The molecule has 280 valence electrons. The van der Waals surface area contributed by atoms with E-state index in [-0.39, 0.29) is 47.2 Å². The average molecular weight is 860 g/mol. The average Bonchev–Trinajstić information content (AvgIpc) is 3.07. The Labute approximate surface area is 319 Å². The molecule has 0 saturated carbocycles. The molecular weight excluding hydrogens is 820 g/mol. The van der Waals surface area contributed by atoms with E-state index in [1.165, 1.54) is 64.9 Å². The Balaban J connectivity index is 1.50. The molecule has 0 spiro atoms. The van der Waals surface area contributed by atoms with Gasteiger partial charge in [0.2, 0.25) is 5.91 Å². The number of nitrogens with one attached hydrogen (secondary N) is 1. The maximum Gasteiger partial charge on any atom is 0.410 e. The highest BCUT2D eigenvalue weighted by molar-refractivity contribution is 14.1. The summed E-state index contributed by atoms with van der Waals surface area (Å²) in [5.74, 6) is -1.52. The summed E-state index contributed by atoms with van der Waals surface area (Å²) in [6.07, 6.45) is -1.82. The molecule has 3 heterocycles. The van der Waals surface area contributed by atoms with Crippen LogP contribution in [0.3, 0.4) is 0 Å². The van der Waals surface area contributed by atoms with Crippen molar-refractivity contribution in [3.05, 3.63) is 114 Å². The van der Waals surface area contributed by atoms with Gasteiger partial charge in [0.1, 0.15) is 28.6 Å². The molecule has 2 amide bonds. The zero-order valence-electron chi connectivity index (χ0n) is 29.9. The maximum absolute atomic E-state index is 15.2. The highest BCUT2D eigenvalue weighted by Gasteiger charge is 2.44. The second kappa shape index (κ2) is 14.3. The number of carbonyl (C=O) groups excluding carboxylic acids is 2. The van der Waals surface area contributed by atoms with Crippen LogP contribution in [0.2, 0.25) is 0 Å². The monoisotopic (exact) mass is 859 g/mol. The van der Waals surface area contributed by atoms with E-state index < -0.39 is 61.8 Å². The summed E-state index contributed by atoms with van der Waals surface area (Å²) in [5, 5.41) is 2.09. The fourth-order valence-corrected chi connectivity index (χ4v) is 8.58. The highest BCUT2D eigenvalue weighted by Crippen LogP contribution is 2.36. The number of fused-ring (bicyclic) bond motifs is 1. The molecule has 2 unspecified atom stereocenters. The summed E-state index contributed by atoms with van der Waals surface area (Å²) in [7, 11) is -1.02. The van der Waals surface area contributed by atoms with Crippen LogP contribution in [0.15, 0.2) is 81.2 Å². The molecule has 2 aliphatic rings. The van der Waals surface area contributed by atoms with Gasteiger partial charge in [-0.15, -0.1) is 0 Å². The van der Waals surface area contributed by atoms with Crippen LogP contribution >= 0.6 is 22.6 Å². The normalized spacial score (nSPS) is 17.6. The van der Waals surface area contributed by atoms with E-state index in [2.05, 4.69) is 5.32 Å². The van der Waals surface area contributed by atoms with Crippen molar-refractivity contribution in [2.24, 2.45) is 0 Å². The van der Waals surface area contributed by atoms with Crippen LogP contribution in [0.5, 0.6) is 5.75 Å². The number of ether oxygens (including phenoxy) is 2.